The lowest BCUT2D eigenvalue weighted by Gasteiger charge is -2.46. The van der Waals surface area contributed by atoms with E-state index in [0.29, 0.717) is 22.2 Å². The summed E-state index contributed by atoms with van der Waals surface area (Å²) in [6, 6.07) is 11.0. The Labute approximate surface area is 266 Å². The largest absolute Gasteiger partial charge is 0.511 e. The minimum Gasteiger partial charge on any atom is -0.451 e. The number of benzene rings is 2. The summed E-state index contributed by atoms with van der Waals surface area (Å²) in [4.78, 5) is 42.2. The van der Waals surface area contributed by atoms with Gasteiger partial charge in [-0.1, -0.05) is 41.9 Å². The van der Waals surface area contributed by atoms with Gasteiger partial charge in [-0.25, -0.2) is 4.79 Å². The van der Waals surface area contributed by atoms with Crippen LogP contribution in [-0.4, -0.2) is 79.5 Å². The minimum atomic E-state index is -4.78. The van der Waals surface area contributed by atoms with Gasteiger partial charge in [0.25, 0.3) is 5.91 Å². The standard InChI is InChI=1S/C30H30ClF3N4O6S/c1-18(30(32,33)34)36-16-38(25-19-8-6-9-22(31)21(19)15-45-24-10-5-4-7-20(24)25)37-12-11-23(39)27(26(37)28(36)40)43-17-44-29(41)42-14-13-35(2)3/h4-12,18,25H,13-17H2,1-3H3/t18-,25+/m1/s1. The molecule has 10 nitrogen and oxygen atoms in total. The van der Waals surface area contributed by atoms with E-state index < -0.39 is 60.7 Å². The van der Waals surface area contributed by atoms with Crippen LogP contribution in [0.4, 0.5) is 18.0 Å². The van der Waals surface area contributed by atoms with Crippen molar-refractivity contribution in [1.29, 1.82) is 0 Å². The van der Waals surface area contributed by atoms with Crippen molar-refractivity contribution in [1.82, 2.24) is 14.5 Å². The highest BCUT2D eigenvalue weighted by Crippen LogP contribution is 2.45. The Morgan fingerprint density at radius 2 is 1.82 bits per heavy atom. The van der Waals surface area contributed by atoms with Crippen LogP contribution in [0.25, 0.3) is 0 Å². The molecule has 2 aliphatic rings. The second-order valence-electron chi connectivity index (χ2n) is 10.6. The molecule has 2 atom stereocenters. The van der Waals surface area contributed by atoms with Gasteiger partial charge >= 0.3 is 12.3 Å². The number of likely N-dealkylation sites (N-methyl/N-ethyl adjacent to an activating group) is 1. The number of aromatic nitrogens is 1. The molecule has 3 heterocycles. The first-order valence-electron chi connectivity index (χ1n) is 13.8. The maximum atomic E-state index is 14.2. The van der Waals surface area contributed by atoms with Crippen LogP contribution >= 0.6 is 23.4 Å². The molecule has 1 amide bonds. The second kappa shape index (κ2) is 13.2. The summed E-state index contributed by atoms with van der Waals surface area (Å²) in [6.45, 7) is 0.0231. The van der Waals surface area contributed by atoms with Gasteiger partial charge in [0.15, 0.2) is 5.69 Å². The van der Waals surface area contributed by atoms with Crippen molar-refractivity contribution in [3.8, 4) is 5.75 Å². The zero-order chi connectivity index (χ0) is 32.5. The van der Waals surface area contributed by atoms with Gasteiger partial charge in [-0.3, -0.25) is 19.3 Å². The SMILES string of the molecule is C[C@@H](N1CN([C@@H]2c3ccccc3SCc3c(Cl)cccc32)n2ccc(=O)c(OCOC(=O)OCCN(C)C)c2C1=O)C(F)(F)F. The average molecular weight is 667 g/mol. The number of hydrogen-bond donors (Lipinski definition) is 0. The summed E-state index contributed by atoms with van der Waals surface area (Å²) >= 11 is 8.17. The van der Waals surface area contributed by atoms with E-state index in [1.165, 1.54) is 22.6 Å². The lowest BCUT2D eigenvalue weighted by Crippen LogP contribution is -2.60. The molecule has 0 radical (unpaired) electrons. The molecule has 0 bridgehead atoms. The predicted octanol–water partition coefficient (Wildman–Crippen LogP) is 5.25. The zero-order valence-electron chi connectivity index (χ0n) is 24.5. The molecule has 3 aromatic rings. The molecule has 0 aliphatic carbocycles. The number of amides is 1. The molecule has 0 saturated carbocycles. The molecule has 0 unspecified atom stereocenters. The van der Waals surface area contributed by atoms with Crippen molar-refractivity contribution < 1.29 is 37.0 Å². The highest BCUT2D eigenvalue weighted by atomic mass is 35.5. The van der Waals surface area contributed by atoms with E-state index in [0.717, 1.165) is 34.6 Å². The quantitative estimate of drug-likeness (QED) is 0.236. The van der Waals surface area contributed by atoms with Crippen LogP contribution in [0.3, 0.4) is 0 Å². The summed E-state index contributed by atoms with van der Waals surface area (Å²) in [5.41, 5.74) is 1.05. The fourth-order valence-corrected chi connectivity index (χ4v) is 6.58. The molecule has 0 spiro atoms. The van der Waals surface area contributed by atoms with Crippen molar-refractivity contribution in [2.45, 2.75) is 35.8 Å². The smallest absolute Gasteiger partial charge is 0.451 e. The van der Waals surface area contributed by atoms with Crippen molar-refractivity contribution in [3.05, 3.63) is 92.4 Å². The van der Waals surface area contributed by atoms with E-state index in [-0.39, 0.29) is 6.61 Å². The van der Waals surface area contributed by atoms with Crippen molar-refractivity contribution in [2.24, 2.45) is 0 Å². The van der Waals surface area contributed by atoms with E-state index in [1.54, 1.807) is 36.1 Å². The first-order chi connectivity index (χ1) is 21.4. The van der Waals surface area contributed by atoms with Gasteiger partial charge in [-0.2, -0.15) is 13.2 Å². The lowest BCUT2D eigenvalue weighted by atomic mass is 9.94. The Kier molecular flexibility index (Phi) is 9.56. The third-order valence-corrected chi connectivity index (χ3v) is 8.96. The molecule has 15 heteroatoms. The third kappa shape index (κ3) is 6.72. The molecule has 45 heavy (non-hydrogen) atoms. The Morgan fingerprint density at radius 1 is 1.09 bits per heavy atom. The molecule has 0 saturated heterocycles. The maximum absolute atomic E-state index is 14.2. The fourth-order valence-electron chi connectivity index (χ4n) is 5.11. The Balaban J connectivity index is 1.61. The number of rotatable bonds is 8. The number of hydrogen-bond acceptors (Lipinski definition) is 9. The number of alkyl halides is 3. The Hall–Kier alpha value is -3.88. The van der Waals surface area contributed by atoms with Crippen LogP contribution < -0.4 is 15.2 Å². The minimum absolute atomic E-state index is 0.0274. The fraction of sp³-hybridized carbons (Fsp3) is 0.367. The van der Waals surface area contributed by atoms with Crippen LogP contribution in [0.2, 0.25) is 5.02 Å². The molecule has 5 rings (SSSR count). The number of pyridine rings is 1. The predicted molar refractivity (Wildman–Crippen MR) is 161 cm³/mol. The number of fused-ring (bicyclic) bond motifs is 3. The highest BCUT2D eigenvalue weighted by molar-refractivity contribution is 7.98. The second-order valence-corrected chi connectivity index (χ2v) is 12.0. The molecule has 240 valence electrons. The van der Waals surface area contributed by atoms with Crippen LogP contribution in [0.15, 0.2) is 64.4 Å². The van der Waals surface area contributed by atoms with Crippen molar-refractivity contribution >= 4 is 35.4 Å². The number of thioether (sulfide) groups is 1. The normalized spacial score (nSPS) is 16.8. The van der Waals surface area contributed by atoms with E-state index >= 15 is 0 Å². The molecule has 1 aromatic heterocycles. The lowest BCUT2D eigenvalue weighted by molar-refractivity contribution is -0.173. The van der Waals surface area contributed by atoms with Gasteiger partial charge in [0.2, 0.25) is 18.0 Å². The van der Waals surface area contributed by atoms with Gasteiger partial charge in [-0.05, 0) is 49.8 Å². The Morgan fingerprint density at radius 3 is 2.56 bits per heavy atom. The number of carbonyl (C=O) groups excluding carboxylic acids is 2. The van der Waals surface area contributed by atoms with Gasteiger partial charge < -0.3 is 24.0 Å². The summed E-state index contributed by atoms with van der Waals surface area (Å²) in [6.07, 6.45) is -4.54. The van der Waals surface area contributed by atoms with Gasteiger partial charge in [-0.15, -0.1) is 11.8 Å². The van der Waals surface area contributed by atoms with Crippen LogP contribution in [0.5, 0.6) is 5.75 Å². The summed E-state index contributed by atoms with van der Waals surface area (Å²) in [5, 5.41) is 2.06. The molecule has 2 aliphatic heterocycles. The zero-order valence-corrected chi connectivity index (χ0v) is 26.1. The van der Waals surface area contributed by atoms with Crippen molar-refractivity contribution in [3.63, 3.8) is 0 Å². The molecule has 0 fully saturated rings. The third-order valence-electron chi connectivity index (χ3n) is 7.49. The maximum Gasteiger partial charge on any atom is 0.511 e. The topological polar surface area (TPSA) is 93.5 Å². The number of carbonyl (C=O) groups is 2. The van der Waals surface area contributed by atoms with Gasteiger partial charge in [0.1, 0.15) is 19.3 Å². The van der Waals surface area contributed by atoms with Crippen molar-refractivity contribution in [2.75, 3.05) is 45.7 Å². The highest BCUT2D eigenvalue weighted by Gasteiger charge is 2.48. The van der Waals surface area contributed by atoms with Gasteiger partial charge in [0, 0.05) is 34.5 Å². The molecular formula is C30H30ClF3N4O6S. The number of halogens is 4. The summed E-state index contributed by atoms with van der Waals surface area (Å²) in [7, 11) is 3.57. The monoisotopic (exact) mass is 666 g/mol. The van der Waals surface area contributed by atoms with Crippen LogP contribution in [0, 0.1) is 0 Å². The first kappa shape index (κ1) is 32.5. The van der Waals surface area contributed by atoms with Crippen LogP contribution in [-0.2, 0) is 15.2 Å². The van der Waals surface area contributed by atoms with E-state index in [9.17, 15) is 27.6 Å². The van der Waals surface area contributed by atoms with E-state index in [1.807, 2.05) is 30.3 Å². The summed E-state index contributed by atoms with van der Waals surface area (Å²) in [5.74, 6) is -1.15. The number of nitrogens with zero attached hydrogens (tertiary/aromatic N) is 4. The van der Waals surface area contributed by atoms with E-state index in [4.69, 9.17) is 25.8 Å². The molecule has 0 N–H and O–H groups in total. The Bertz CT molecular complexity index is 1650. The van der Waals surface area contributed by atoms with E-state index in [2.05, 4.69) is 0 Å². The molecular weight excluding hydrogens is 637 g/mol. The number of ether oxygens (including phenoxy) is 3. The van der Waals surface area contributed by atoms with Gasteiger partial charge in [0.05, 0.1) is 6.04 Å². The average Bonchev–Trinajstić information content (AvgIpc) is 3.15. The summed E-state index contributed by atoms with van der Waals surface area (Å²) < 4.78 is 59.2. The van der Waals surface area contributed by atoms with Crippen LogP contribution in [0.1, 0.15) is 40.1 Å². The molecule has 2 aromatic carbocycles. The first-order valence-corrected chi connectivity index (χ1v) is 15.2.